The largest absolute Gasteiger partial charge is 0.342 e. The maximum atomic E-state index is 12.9. The van der Waals surface area contributed by atoms with Crippen molar-refractivity contribution < 1.29 is 9.59 Å². The van der Waals surface area contributed by atoms with Gasteiger partial charge in [-0.3, -0.25) is 9.59 Å². The molecule has 0 N–H and O–H groups in total. The molecule has 0 bridgehead atoms. The van der Waals surface area contributed by atoms with Crippen molar-refractivity contribution in [1.82, 2.24) is 9.80 Å². The minimum Gasteiger partial charge on any atom is -0.342 e. The van der Waals surface area contributed by atoms with Crippen molar-refractivity contribution >= 4 is 23.6 Å². The Labute approximate surface area is 138 Å². The van der Waals surface area contributed by atoms with Crippen LogP contribution in [0.25, 0.3) is 0 Å². The van der Waals surface area contributed by atoms with Crippen LogP contribution in [-0.2, 0) is 9.59 Å². The molecule has 5 heteroatoms. The maximum Gasteiger partial charge on any atom is 0.226 e. The Morgan fingerprint density at radius 1 is 1.14 bits per heavy atom. The van der Waals surface area contributed by atoms with Crippen LogP contribution >= 0.6 is 11.8 Å². The van der Waals surface area contributed by atoms with Gasteiger partial charge in [-0.25, -0.2) is 0 Å². The van der Waals surface area contributed by atoms with Crippen molar-refractivity contribution in [2.45, 2.75) is 63.2 Å². The Morgan fingerprint density at radius 3 is 2.45 bits per heavy atom. The van der Waals surface area contributed by atoms with Crippen molar-refractivity contribution in [3.05, 3.63) is 0 Å². The standard InChI is InChI=1S/C17H28N2O2S/c1-2-5-15(20)18-10-8-17(9-11-18)19(12-13-22-17)16(21)14-6-3-4-7-14/h14H,2-13H2,1H3. The van der Waals surface area contributed by atoms with Crippen LogP contribution in [0, 0.1) is 5.92 Å². The van der Waals surface area contributed by atoms with E-state index in [1.54, 1.807) is 0 Å². The molecular formula is C17H28N2O2S. The predicted molar refractivity (Wildman–Crippen MR) is 89.6 cm³/mol. The number of hydrogen-bond donors (Lipinski definition) is 0. The molecule has 0 radical (unpaired) electrons. The fourth-order valence-electron chi connectivity index (χ4n) is 4.20. The topological polar surface area (TPSA) is 40.6 Å². The molecule has 2 heterocycles. The van der Waals surface area contributed by atoms with E-state index in [0.717, 1.165) is 57.5 Å². The third kappa shape index (κ3) is 3.01. The van der Waals surface area contributed by atoms with Crippen molar-refractivity contribution in [3.8, 4) is 0 Å². The summed E-state index contributed by atoms with van der Waals surface area (Å²) in [4.78, 5) is 29.1. The summed E-state index contributed by atoms with van der Waals surface area (Å²) in [6.07, 6.45) is 8.06. The fourth-order valence-corrected chi connectivity index (χ4v) is 5.67. The van der Waals surface area contributed by atoms with Crippen molar-refractivity contribution in [2.75, 3.05) is 25.4 Å². The zero-order valence-electron chi connectivity index (χ0n) is 13.7. The van der Waals surface area contributed by atoms with Crippen LogP contribution in [-0.4, -0.2) is 51.9 Å². The van der Waals surface area contributed by atoms with Gasteiger partial charge in [0.2, 0.25) is 11.8 Å². The van der Waals surface area contributed by atoms with E-state index >= 15 is 0 Å². The number of nitrogens with zero attached hydrogens (tertiary/aromatic N) is 2. The quantitative estimate of drug-likeness (QED) is 0.801. The summed E-state index contributed by atoms with van der Waals surface area (Å²) < 4.78 is 0. The summed E-state index contributed by atoms with van der Waals surface area (Å²) in [6.45, 7) is 4.60. The second-order valence-corrected chi connectivity index (χ2v) is 8.35. The van der Waals surface area contributed by atoms with Gasteiger partial charge in [0, 0.05) is 37.7 Å². The Morgan fingerprint density at radius 2 is 1.82 bits per heavy atom. The minimum atomic E-state index is -0.0112. The van der Waals surface area contributed by atoms with Gasteiger partial charge >= 0.3 is 0 Å². The molecule has 124 valence electrons. The van der Waals surface area contributed by atoms with Gasteiger partial charge in [0.05, 0.1) is 4.87 Å². The van der Waals surface area contributed by atoms with Gasteiger partial charge < -0.3 is 9.80 Å². The molecule has 4 nitrogen and oxygen atoms in total. The first-order chi connectivity index (χ1) is 10.7. The first kappa shape index (κ1) is 16.2. The highest BCUT2D eigenvalue weighted by molar-refractivity contribution is 8.00. The molecule has 0 unspecified atom stereocenters. The highest BCUT2D eigenvalue weighted by atomic mass is 32.2. The lowest BCUT2D eigenvalue weighted by molar-refractivity contribution is -0.140. The summed E-state index contributed by atoms with van der Waals surface area (Å²) in [5.74, 6) is 2.02. The first-order valence-electron chi connectivity index (χ1n) is 8.89. The van der Waals surface area contributed by atoms with Crippen LogP contribution in [0.4, 0.5) is 0 Å². The molecule has 0 aromatic rings. The summed E-state index contributed by atoms with van der Waals surface area (Å²) in [6, 6.07) is 0. The van der Waals surface area contributed by atoms with Gasteiger partial charge in [0.25, 0.3) is 0 Å². The molecule has 1 aliphatic carbocycles. The lowest BCUT2D eigenvalue weighted by Crippen LogP contribution is -2.54. The summed E-state index contributed by atoms with van der Waals surface area (Å²) in [5, 5.41) is 0. The van der Waals surface area contributed by atoms with Gasteiger partial charge in [-0.1, -0.05) is 19.8 Å². The third-order valence-electron chi connectivity index (χ3n) is 5.51. The highest BCUT2D eigenvalue weighted by Crippen LogP contribution is 2.45. The van der Waals surface area contributed by atoms with Gasteiger partial charge in [-0.05, 0) is 32.1 Å². The molecule has 0 aromatic carbocycles. The number of amides is 2. The number of rotatable bonds is 3. The normalized spacial score (nSPS) is 25.1. The summed E-state index contributed by atoms with van der Waals surface area (Å²) >= 11 is 1.96. The number of carbonyl (C=O) groups excluding carboxylic acids is 2. The van der Waals surface area contributed by atoms with E-state index in [0.29, 0.717) is 12.3 Å². The average molecular weight is 324 g/mol. The number of carbonyl (C=O) groups is 2. The van der Waals surface area contributed by atoms with Crippen LogP contribution in [0.2, 0.25) is 0 Å². The van der Waals surface area contributed by atoms with E-state index < -0.39 is 0 Å². The Balaban J connectivity index is 1.63. The van der Waals surface area contributed by atoms with E-state index in [9.17, 15) is 9.59 Å². The van der Waals surface area contributed by atoms with E-state index in [1.807, 2.05) is 16.7 Å². The molecule has 3 rings (SSSR count). The molecule has 1 saturated carbocycles. The average Bonchev–Trinajstić information content (AvgIpc) is 3.18. The number of piperidine rings is 1. The number of hydrogen-bond acceptors (Lipinski definition) is 3. The zero-order chi connectivity index (χ0) is 15.6. The fraction of sp³-hybridized carbons (Fsp3) is 0.882. The van der Waals surface area contributed by atoms with Crippen molar-refractivity contribution in [1.29, 1.82) is 0 Å². The molecule has 2 saturated heterocycles. The number of thioether (sulfide) groups is 1. The predicted octanol–water partition coefficient (Wildman–Crippen LogP) is 2.87. The Bertz CT molecular complexity index is 426. The molecule has 3 aliphatic rings. The lowest BCUT2D eigenvalue weighted by atomic mass is 9.98. The van der Waals surface area contributed by atoms with Gasteiger partial charge in [-0.15, -0.1) is 11.8 Å². The van der Waals surface area contributed by atoms with Crippen LogP contribution in [0.3, 0.4) is 0 Å². The van der Waals surface area contributed by atoms with Crippen LogP contribution in [0.1, 0.15) is 58.3 Å². The molecule has 0 atom stereocenters. The van der Waals surface area contributed by atoms with E-state index in [-0.39, 0.29) is 16.7 Å². The first-order valence-corrected chi connectivity index (χ1v) is 9.88. The van der Waals surface area contributed by atoms with E-state index in [4.69, 9.17) is 0 Å². The van der Waals surface area contributed by atoms with Crippen LogP contribution < -0.4 is 0 Å². The van der Waals surface area contributed by atoms with Crippen LogP contribution in [0.5, 0.6) is 0 Å². The van der Waals surface area contributed by atoms with E-state index in [1.165, 1.54) is 12.8 Å². The highest BCUT2D eigenvalue weighted by Gasteiger charge is 2.48. The van der Waals surface area contributed by atoms with Crippen LogP contribution in [0.15, 0.2) is 0 Å². The second-order valence-electron chi connectivity index (χ2n) is 6.90. The molecular weight excluding hydrogens is 296 g/mol. The molecule has 22 heavy (non-hydrogen) atoms. The monoisotopic (exact) mass is 324 g/mol. The Hall–Kier alpha value is -0.710. The minimum absolute atomic E-state index is 0.0112. The Kier molecular flexibility index (Phi) is 5.00. The van der Waals surface area contributed by atoms with Crippen molar-refractivity contribution in [2.24, 2.45) is 5.92 Å². The number of likely N-dealkylation sites (tertiary alicyclic amines) is 1. The second kappa shape index (κ2) is 6.81. The molecule has 1 spiro atoms. The third-order valence-corrected chi connectivity index (χ3v) is 7.06. The summed E-state index contributed by atoms with van der Waals surface area (Å²) in [7, 11) is 0. The molecule has 2 aliphatic heterocycles. The van der Waals surface area contributed by atoms with Gasteiger partial charge in [0.1, 0.15) is 0 Å². The SMILES string of the molecule is CCCC(=O)N1CCC2(CC1)SCCN2C(=O)C1CCCC1. The van der Waals surface area contributed by atoms with Gasteiger partial charge in [0.15, 0.2) is 0 Å². The molecule has 2 amide bonds. The molecule has 0 aromatic heterocycles. The zero-order valence-corrected chi connectivity index (χ0v) is 14.5. The van der Waals surface area contributed by atoms with Crippen molar-refractivity contribution in [3.63, 3.8) is 0 Å². The summed E-state index contributed by atoms with van der Waals surface area (Å²) in [5.41, 5.74) is 0. The molecule has 3 fully saturated rings. The smallest absolute Gasteiger partial charge is 0.226 e. The lowest BCUT2D eigenvalue weighted by Gasteiger charge is -2.44. The maximum absolute atomic E-state index is 12.9. The van der Waals surface area contributed by atoms with Gasteiger partial charge in [-0.2, -0.15) is 0 Å². The van der Waals surface area contributed by atoms with E-state index in [2.05, 4.69) is 11.8 Å².